The third kappa shape index (κ3) is 22.8. The average Bonchev–Trinajstić information content (AvgIpc) is 2.61. The van der Waals surface area contributed by atoms with Crippen LogP contribution in [0.5, 0.6) is 0 Å². The quantitative estimate of drug-likeness (QED) is 0.356. The lowest BCUT2D eigenvalue weighted by Gasteiger charge is -2.02. The molecule has 8 nitrogen and oxygen atoms in total. The van der Waals surface area contributed by atoms with Crippen molar-refractivity contribution in [2.45, 2.75) is 53.4 Å². The lowest BCUT2D eigenvalue weighted by molar-refractivity contribution is -0.142. The van der Waals surface area contributed by atoms with Crippen LogP contribution >= 0.6 is 0 Å². The van der Waals surface area contributed by atoms with Crippen molar-refractivity contribution in [2.24, 2.45) is 11.8 Å². The number of aliphatic hydroxyl groups excluding tert-OH is 2. The van der Waals surface area contributed by atoms with E-state index in [0.29, 0.717) is 26.4 Å². The number of aliphatic carboxylic acids is 2. The first-order valence-electron chi connectivity index (χ1n) is 9.18. The van der Waals surface area contributed by atoms with Crippen LogP contribution in [0.4, 0.5) is 0 Å². The average molecular weight is 382 g/mol. The fraction of sp³-hybridized carbons (Fsp3) is 0.889. The Hall–Kier alpha value is -1.22. The molecule has 158 valence electrons. The summed E-state index contributed by atoms with van der Waals surface area (Å²) in [6.45, 7) is 9.29. The highest BCUT2D eigenvalue weighted by Crippen LogP contribution is 2.06. The molecule has 0 radical (unpaired) electrons. The number of rotatable bonds is 13. The zero-order valence-electron chi connectivity index (χ0n) is 16.6. The van der Waals surface area contributed by atoms with Gasteiger partial charge in [0.25, 0.3) is 0 Å². The van der Waals surface area contributed by atoms with Gasteiger partial charge in [0, 0.05) is 0 Å². The molecular weight excluding hydrogens is 344 g/mol. The van der Waals surface area contributed by atoms with Gasteiger partial charge in [0.15, 0.2) is 0 Å². The minimum Gasteiger partial charge on any atom is -0.481 e. The van der Waals surface area contributed by atoms with E-state index >= 15 is 0 Å². The predicted molar refractivity (Wildman–Crippen MR) is 99.2 cm³/mol. The molecule has 0 rings (SSSR count). The second-order valence-electron chi connectivity index (χ2n) is 5.38. The Morgan fingerprint density at radius 3 is 1.04 bits per heavy atom. The van der Waals surface area contributed by atoms with Crippen molar-refractivity contribution in [3.8, 4) is 0 Å². The van der Waals surface area contributed by atoms with E-state index in [0.717, 1.165) is 25.7 Å². The van der Waals surface area contributed by atoms with Gasteiger partial charge in [-0.15, -0.1) is 0 Å². The summed E-state index contributed by atoms with van der Waals surface area (Å²) in [7, 11) is 0. The van der Waals surface area contributed by atoms with E-state index in [-0.39, 0.29) is 25.0 Å². The van der Waals surface area contributed by atoms with Crippen molar-refractivity contribution in [3.63, 3.8) is 0 Å². The molecule has 0 heterocycles. The Morgan fingerprint density at radius 1 is 0.654 bits per heavy atom. The monoisotopic (exact) mass is 382 g/mol. The minimum absolute atomic E-state index is 0.0417. The molecule has 0 fully saturated rings. The predicted octanol–water partition coefficient (Wildman–Crippen LogP) is 2.02. The van der Waals surface area contributed by atoms with Crippen LogP contribution in [0.25, 0.3) is 0 Å². The number of ether oxygens (including phenoxy) is 2. The number of hydrogen-bond donors (Lipinski definition) is 4. The topological polar surface area (TPSA) is 134 Å². The first-order chi connectivity index (χ1) is 12.4. The van der Waals surface area contributed by atoms with Crippen molar-refractivity contribution in [1.29, 1.82) is 0 Å². The molecule has 0 spiro atoms. The Morgan fingerprint density at radius 2 is 0.923 bits per heavy atom. The van der Waals surface area contributed by atoms with Crippen LogP contribution in [-0.2, 0) is 19.1 Å². The zero-order chi connectivity index (χ0) is 20.8. The summed E-state index contributed by atoms with van der Waals surface area (Å²) in [6, 6.07) is 0. The fourth-order valence-corrected chi connectivity index (χ4v) is 1.73. The SMILES string of the molecule is CCC(CC)C(=O)O.CCC(CC)C(=O)O.OCCOCCOCCO. The number of aliphatic hydroxyl groups is 2. The summed E-state index contributed by atoms with van der Waals surface area (Å²) in [6.07, 6.45) is 2.97. The molecule has 0 unspecified atom stereocenters. The van der Waals surface area contributed by atoms with Crippen molar-refractivity contribution < 1.29 is 39.5 Å². The third-order valence-electron chi connectivity index (χ3n) is 3.51. The summed E-state index contributed by atoms with van der Waals surface area (Å²) in [5.74, 6) is -1.60. The van der Waals surface area contributed by atoms with Crippen LogP contribution in [0.15, 0.2) is 0 Å². The second kappa shape index (κ2) is 23.8. The standard InChI is InChI=1S/C6H14O4.2C6H12O2/c7-1-3-9-5-6-10-4-2-8;2*1-3-5(4-2)6(7)8/h7-8H,1-6H2;2*5H,3-4H2,1-2H3,(H,7,8). The lowest BCUT2D eigenvalue weighted by Crippen LogP contribution is -2.10. The Labute approximate surface area is 157 Å². The van der Waals surface area contributed by atoms with Crippen molar-refractivity contribution >= 4 is 11.9 Å². The molecule has 0 aromatic heterocycles. The lowest BCUT2D eigenvalue weighted by atomic mass is 10.1. The summed E-state index contributed by atoms with van der Waals surface area (Å²) >= 11 is 0. The molecule has 26 heavy (non-hydrogen) atoms. The van der Waals surface area contributed by atoms with Crippen molar-refractivity contribution in [1.82, 2.24) is 0 Å². The van der Waals surface area contributed by atoms with Gasteiger partial charge in [-0.25, -0.2) is 0 Å². The van der Waals surface area contributed by atoms with Crippen LogP contribution in [-0.4, -0.2) is 72.0 Å². The molecule has 0 saturated carbocycles. The second-order valence-corrected chi connectivity index (χ2v) is 5.38. The highest BCUT2D eigenvalue weighted by molar-refractivity contribution is 5.70. The zero-order valence-corrected chi connectivity index (χ0v) is 16.6. The molecule has 0 bridgehead atoms. The molecule has 4 N–H and O–H groups in total. The molecular formula is C18H38O8. The molecule has 0 saturated heterocycles. The maximum absolute atomic E-state index is 10.2. The number of carboxylic acids is 2. The van der Waals surface area contributed by atoms with Gasteiger partial charge in [0.2, 0.25) is 0 Å². The molecule has 0 aromatic carbocycles. The molecule has 0 amide bonds. The van der Waals surface area contributed by atoms with E-state index in [1.807, 2.05) is 27.7 Å². The smallest absolute Gasteiger partial charge is 0.306 e. The van der Waals surface area contributed by atoms with Gasteiger partial charge in [-0.2, -0.15) is 0 Å². The number of carbonyl (C=O) groups is 2. The van der Waals surface area contributed by atoms with Crippen molar-refractivity contribution in [3.05, 3.63) is 0 Å². The Balaban J connectivity index is -0.000000308. The maximum Gasteiger partial charge on any atom is 0.306 e. The molecule has 8 heteroatoms. The van der Waals surface area contributed by atoms with Crippen LogP contribution in [0.1, 0.15) is 53.4 Å². The van der Waals surface area contributed by atoms with Gasteiger partial charge >= 0.3 is 11.9 Å². The van der Waals surface area contributed by atoms with Gasteiger partial charge < -0.3 is 29.9 Å². The van der Waals surface area contributed by atoms with Crippen LogP contribution in [0.2, 0.25) is 0 Å². The summed E-state index contributed by atoms with van der Waals surface area (Å²) in [4.78, 5) is 20.3. The van der Waals surface area contributed by atoms with Crippen LogP contribution in [0, 0.1) is 11.8 Å². The van der Waals surface area contributed by atoms with Gasteiger partial charge in [-0.1, -0.05) is 27.7 Å². The molecule has 0 atom stereocenters. The minimum atomic E-state index is -0.671. The van der Waals surface area contributed by atoms with Crippen LogP contribution < -0.4 is 0 Å². The largest absolute Gasteiger partial charge is 0.481 e. The summed E-state index contributed by atoms with van der Waals surface area (Å²) in [5, 5.41) is 33.3. The van der Waals surface area contributed by atoms with E-state index in [1.54, 1.807) is 0 Å². The van der Waals surface area contributed by atoms with E-state index in [4.69, 9.17) is 29.9 Å². The highest BCUT2D eigenvalue weighted by Gasteiger charge is 2.10. The van der Waals surface area contributed by atoms with E-state index in [1.165, 1.54) is 0 Å². The number of hydrogen-bond acceptors (Lipinski definition) is 6. The molecule has 0 aliphatic rings. The van der Waals surface area contributed by atoms with E-state index in [9.17, 15) is 9.59 Å². The van der Waals surface area contributed by atoms with Crippen molar-refractivity contribution in [2.75, 3.05) is 39.6 Å². The van der Waals surface area contributed by atoms with E-state index in [2.05, 4.69) is 0 Å². The summed E-state index contributed by atoms with van der Waals surface area (Å²) < 4.78 is 9.75. The summed E-state index contributed by atoms with van der Waals surface area (Å²) in [5.41, 5.74) is 0. The maximum atomic E-state index is 10.2. The normalized spacial score (nSPS) is 10.0. The van der Waals surface area contributed by atoms with Gasteiger partial charge in [0.1, 0.15) is 0 Å². The Kier molecular flexibility index (Phi) is 27.0. The fourth-order valence-electron chi connectivity index (χ4n) is 1.73. The van der Waals surface area contributed by atoms with Gasteiger partial charge in [-0.05, 0) is 25.7 Å². The molecule has 0 aliphatic heterocycles. The van der Waals surface area contributed by atoms with Crippen LogP contribution in [0.3, 0.4) is 0 Å². The first-order valence-corrected chi connectivity index (χ1v) is 9.18. The number of carboxylic acid groups (broad SMARTS) is 2. The molecule has 0 aromatic rings. The van der Waals surface area contributed by atoms with E-state index < -0.39 is 11.9 Å². The molecule has 0 aliphatic carbocycles. The van der Waals surface area contributed by atoms with Gasteiger partial charge in [-0.3, -0.25) is 9.59 Å². The third-order valence-corrected chi connectivity index (χ3v) is 3.51. The first kappa shape index (κ1) is 29.5. The highest BCUT2D eigenvalue weighted by atomic mass is 16.5. The Bertz CT molecular complexity index is 272. The van der Waals surface area contributed by atoms with Gasteiger partial charge in [0.05, 0.1) is 51.5 Å².